The summed E-state index contributed by atoms with van der Waals surface area (Å²) in [7, 11) is 0. The van der Waals surface area contributed by atoms with Crippen LogP contribution in [-0.4, -0.2) is 41.1 Å². The Morgan fingerprint density at radius 1 is 1.39 bits per heavy atom. The minimum Gasteiger partial charge on any atom is -0.325 e. The SMILES string of the molecule is CCCC1NC(CC(C)C)N(CC(C)SC)C1=O. The number of rotatable bonds is 7. The van der Waals surface area contributed by atoms with Crippen molar-refractivity contribution < 1.29 is 4.79 Å². The molecule has 0 aromatic rings. The first-order chi connectivity index (χ1) is 8.49. The number of nitrogens with zero attached hydrogens (tertiary/aromatic N) is 1. The number of carbonyl (C=O) groups is 1. The number of thioether (sulfide) groups is 1. The van der Waals surface area contributed by atoms with Gasteiger partial charge in [0.1, 0.15) is 0 Å². The molecule has 1 heterocycles. The highest BCUT2D eigenvalue weighted by atomic mass is 32.2. The average molecular weight is 272 g/mol. The van der Waals surface area contributed by atoms with Gasteiger partial charge in [0.25, 0.3) is 0 Å². The summed E-state index contributed by atoms with van der Waals surface area (Å²) in [4.78, 5) is 14.5. The average Bonchev–Trinajstić information content (AvgIpc) is 2.57. The second-order valence-electron chi connectivity index (χ2n) is 5.69. The van der Waals surface area contributed by atoms with E-state index in [-0.39, 0.29) is 12.2 Å². The summed E-state index contributed by atoms with van der Waals surface area (Å²) in [5.74, 6) is 0.922. The Bertz CT molecular complexity index is 271. The zero-order valence-corrected chi connectivity index (χ0v) is 13.2. The van der Waals surface area contributed by atoms with E-state index in [2.05, 4.69) is 44.2 Å². The third-order valence-electron chi connectivity index (χ3n) is 3.48. The zero-order chi connectivity index (χ0) is 13.7. The van der Waals surface area contributed by atoms with Gasteiger partial charge >= 0.3 is 0 Å². The van der Waals surface area contributed by atoms with E-state index < -0.39 is 0 Å². The molecule has 1 fully saturated rings. The summed E-state index contributed by atoms with van der Waals surface area (Å²) in [5.41, 5.74) is 0. The van der Waals surface area contributed by atoms with E-state index >= 15 is 0 Å². The molecule has 106 valence electrons. The van der Waals surface area contributed by atoms with Gasteiger partial charge in [-0.05, 0) is 25.0 Å². The smallest absolute Gasteiger partial charge is 0.241 e. The Labute approximate surface area is 116 Å². The molecule has 1 amide bonds. The minimum atomic E-state index is 0.0489. The normalized spacial score (nSPS) is 26.1. The molecule has 0 radical (unpaired) electrons. The maximum Gasteiger partial charge on any atom is 0.241 e. The lowest BCUT2D eigenvalue weighted by Gasteiger charge is -2.27. The first-order valence-electron chi connectivity index (χ1n) is 7.08. The third-order valence-corrected chi connectivity index (χ3v) is 4.43. The Morgan fingerprint density at radius 2 is 2.06 bits per heavy atom. The fraction of sp³-hybridized carbons (Fsp3) is 0.929. The van der Waals surface area contributed by atoms with Crippen molar-refractivity contribution in [1.29, 1.82) is 0 Å². The Kier molecular flexibility index (Phi) is 6.50. The van der Waals surface area contributed by atoms with Crippen LogP contribution < -0.4 is 5.32 Å². The molecular formula is C14H28N2OS. The fourth-order valence-electron chi connectivity index (χ4n) is 2.45. The third kappa shape index (κ3) is 4.16. The molecule has 3 nitrogen and oxygen atoms in total. The van der Waals surface area contributed by atoms with Gasteiger partial charge in [-0.15, -0.1) is 0 Å². The summed E-state index contributed by atoms with van der Waals surface area (Å²) in [6.07, 6.45) is 5.41. The maximum absolute atomic E-state index is 12.4. The minimum absolute atomic E-state index is 0.0489. The molecule has 1 rings (SSSR count). The van der Waals surface area contributed by atoms with Gasteiger partial charge in [0.2, 0.25) is 5.91 Å². The van der Waals surface area contributed by atoms with Crippen LogP contribution in [0.3, 0.4) is 0 Å². The van der Waals surface area contributed by atoms with Crippen LogP contribution in [0.2, 0.25) is 0 Å². The highest BCUT2D eigenvalue weighted by Crippen LogP contribution is 2.22. The largest absolute Gasteiger partial charge is 0.325 e. The topological polar surface area (TPSA) is 32.3 Å². The number of nitrogens with one attached hydrogen (secondary N) is 1. The summed E-state index contributed by atoms with van der Waals surface area (Å²) in [6, 6.07) is 0.0489. The number of hydrogen-bond donors (Lipinski definition) is 1. The second kappa shape index (κ2) is 7.39. The lowest BCUT2D eigenvalue weighted by atomic mass is 10.1. The van der Waals surface area contributed by atoms with E-state index in [1.165, 1.54) is 0 Å². The van der Waals surface area contributed by atoms with Crippen molar-refractivity contribution in [3.05, 3.63) is 0 Å². The molecule has 4 heteroatoms. The van der Waals surface area contributed by atoms with Crippen molar-refractivity contribution in [3.63, 3.8) is 0 Å². The number of amides is 1. The van der Waals surface area contributed by atoms with Crippen LogP contribution >= 0.6 is 11.8 Å². The quantitative estimate of drug-likeness (QED) is 0.773. The van der Waals surface area contributed by atoms with Crippen molar-refractivity contribution >= 4 is 17.7 Å². The molecule has 0 aromatic heterocycles. The van der Waals surface area contributed by atoms with Gasteiger partial charge in [-0.2, -0.15) is 11.8 Å². The predicted octanol–water partition coefficient (Wildman–Crippen LogP) is 2.71. The lowest BCUT2D eigenvalue weighted by Crippen LogP contribution is -2.41. The first kappa shape index (κ1) is 15.8. The van der Waals surface area contributed by atoms with E-state index in [0.717, 1.165) is 25.8 Å². The van der Waals surface area contributed by atoms with Crippen molar-refractivity contribution in [3.8, 4) is 0 Å². The monoisotopic (exact) mass is 272 g/mol. The lowest BCUT2D eigenvalue weighted by molar-refractivity contribution is -0.130. The van der Waals surface area contributed by atoms with Crippen molar-refractivity contribution in [2.75, 3.05) is 12.8 Å². The van der Waals surface area contributed by atoms with E-state index in [9.17, 15) is 4.79 Å². The van der Waals surface area contributed by atoms with Gasteiger partial charge in [0, 0.05) is 11.8 Å². The van der Waals surface area contributed by atoms with Crippen LogP contribution in [0.4, 0.5) is 0 Å². The Balaban J connectivity index is 2.69. The molecule has 18 heavy (non-hydrogen) atoms. The molecule has 0 aliphatic carbocycles. The molecule has 0 saturated carbocycles. The van der Waals surface area contributed by atoms with Crippen LogP contribution in [0.1, 0.15) is 47.0 Å². The maximum atomic E-state index is 12.4. The first-order valence-corrected chi connectivity index (χ1v) is 8.37. The van der Waals surface area contributed by atoms with Crippen molar-refractivity contribution in [2.24, 2.45) is 5.92 Å². The molecule has 0 spiro atoms. The molecule has 3 unspecified atom stereocenters. The molecule has 0 aromatic carbocycles. The Hall–Kier alpha value is -0.220. The molecule has 1 N–H and O–H groups in total. The zero-order valence-electron chi connectivity index (χ0n) is 12.4. The van der Waals surface area contributed by atoms with Gasteiger partial charge in [0.05, 0.1) is 12.2 Å². The summed E-state index contributed by atoms with van der Waals surface area (Å²) in [6.45, 7) is 9.63. The van der Waals surface area contributed by atoms with Gasteiger partial charge in [-0.1, -0.05) is 34.1 Å². The van der Waals surface area contributed by atoms with Crippen LogP contribution in [-0.2, 0) is 4.79 Å². The molecular weight excluding hydrogens is 244 g/mol. The van der Waals surface area contributed by atoms with Gasteiger partial charge in [0.15, 0.2) is 0 Å². The molecule has 1 aliphatic rings. The highest BCUT2D eigenvalue weighted by Gasteiger charge is 2.38. The second-order valence-corrected chi connectivity index (χ2v) is 6.97. The van der Waals surface area contributed by atoms with Gasteiger partial charge < -0.3 is 4.90 Å². The Morgan fingerprint density at radius 3 is 2.56 bits per heavy atom. The van der Waals surface area contributed by atoms with Crippen LogP contribution in [0, 0.1) is 5.92 Å². The molecule has 1 saturated heterocycles. The van der Waals surface area contributed by atoms with Crippen LogP contribution in [0.15, 0.2) is 0 Å². The van der Waals surface area contributed by atoms with E-state index in [1.807, 2.05) is 11.8 Å². The predicted molar refractivity (Wildman–Crippen MR) is 79.8 cm³/mol. The van der Waals surface area contributed by atoms with E-state index in [0.29, 0.717) is 17.1 Å². The highest BCUT2D eigenvalue weighted by molar-refractivity contribution is 7.99. The van der Waals surface area contributed by atoms with Gasteiger partial charge in [-0.25, -0.2) is 0 Å². The van der Waals surface area contributed by atoms with Crippen LogP contribution in [0.5, 0.6) is 0 Å². The molecule has 1 aliphatic heterocycles. The molecule has 0 bridgehead atoms. The number of carbonyl (C=O) groups excluding carboxylic acids is 1. The summed E-state index contributed by atoms with van der Waals surface area (Å²) in [5, 5.41) is 4.03. The van der Waals surface area contributed by atoms with Gasteiger partial charge in [-0.3, -0.25) is 10.1 Å². The van der Waals surface area contributed by atoms with E-state index in [1.54, 1.807) is 0 Å². The standard InChI is InChI=1S/C14H28N2OS/c1-6-7-12-14(17)16(9-11(4)18-5)13(15-12)8-10(2)3/h10-13,15H,6-9H2,1-5H3. The molecule has 3 atom stereocenters. The van der Waals surface area contributed by atoms with Crippen molar-refractivity contribution in [2.45, 2.75) is 64.4 Å². The fourth-order valence-corrected chi connectivity index (χ4v) is 2.76. The van der Waals surface area contributed by atoms with E-state index in [4.69, 9.17) is 0 Å². The number of hydrogen-bond acceptors (Lipinski definition) is 3. The summed E-state index contributed by atoms with van der Waals surface area (Å²) >= 11 is 1.83. The van der Waals surface area contributed by atoms with Crippen LogP contribution in [0.25, 0.3) is 0 Å². The summed E-state index contributed by atoms with van der Waals surface area (Å²) < 4.78 is 0. The van der Waals surface area contributed by atoms with Crippen molar-refractivity contribution in [1.82, 2.24) is 10.2 Å².